The Morgan fingerprint density at radius 3 is 2.83 bits per heavy atom. The van der Waals surface area contributed by atoms with Gasteiger partial charge in [-0.3, -0.25) is 0 Å². The molecule has 0 bridgehead atoms. The molecule has 0 aromatic heterocycles. The molecule has 2 aliphatic rings. The molecule has 2 aromatic rings. The summed E-state index contributed by atoms with van der Waals surface area (Å²) in [5.41, 5.74) is 2.46. The monoisotopic (exact) mass is 324 g/mol. The average molecular weight is 324 g/mol. The van der Waals surface area contributed by atoms with Crippen LogP contribution >= 0.6 is 0 Å². The molecule has 2 heterocycles. The van der Waals surface area contributed by atoms with Crippen LogP contribution in [0.15, 0.2) is 48.0 Å². The van der Waals surface area contributed by atoms with E-state index in [-0.39, 0.29) is 24.4 Å². The molecule has 5 nitrogen and oxygen atoms in total. The van der Waals surface area contributed by atoms with Crippen molar-refractivity contribution in [1.29, 1.82) is 0 Å². The van der Waals surface area contributed by atoms with Gasteiger partial charge in [-0.15, -0.1) is 0 Å². The van der Waals surface area contributed by atoms with Crippen LogP contribution in [0.1, 0.15) is 11.1 Å². The largest absolute Gasteiger partial charge is 0.508 e. The first-order valence-corrected chi connectivity index (χ1v) is 7.75. The van der Waals surface area contributed by atoms with Gasteiger partial charge in [0, 0.05) is 11.5 Å². The van der Waals surface area contributed by atoms with Gasteiger partial charge in [0.1, 0.15) is 5.75 Å². The highest BCUT2D eigenvalue weighted by Crippen LogP contribution is 2.35. The number of phenols is 1. The summed E-state index contributed by atoms with van der Waals surface area (Å²) in [5.74, 6) is 1.32. The van der Waals surface area contributed by atoms with Gasteiger partial charge in [0.05, 0.1) is 6.61 Å². The van der Waals surface area contributed by atoms with Crippen molar-refractivity contribution in [1.82, 2.24) is 0 Å². The Kier molecular flexibility index (Phi) is 3.61. The lowest BCUT2D eigenvalue weighted by molar-refractivity contribution is -0.135. The number of hydrogen-bond acceptors (Lipinski definition) is 5. The third kappa shape index (κ3) is 2.80. The lowest BCUT2D eigenvalue weighted by Gasteiger charge is -2.09. The number of fused-ring (bicyclic) bond motifs is 1. The Morgan fingerprint density at radius 2 is 1.96 bits per heavy atom. The van der Waals surface area contributed by atoms with Crippen molar-refractivity contribution in [3.63, 3.8) is 0 Å². The van der Waals surface area contributed by atoms with Crippen LogP contribution < -0.4 is 9.47 Å². The third-order valence-electron chi connectivity index (χ3n) is 4.20. The molecular weight excluding hydrogens is 308 g/mol. The molecule has 1 saturated heterocycles. The minimum atomic E-state index is -0.302. The normalized spacial score (nSPS) is 20.4. The molecular formula is C19H16O5. The summed E-state index contributed by atoms with van der Waals surface area (Å²) >= 11 is 0. The number of carbonyl (C=O) groups excluding carboxylic acids is 1. The molecule has 0 amide bonds. The number of esters is 1. The smallest absolute Gasteiger partial charge is 0.334 e. The van der Waals surface area contributed by atoms with Gasteiger partial charge >= 0.3 is 5.97 Å². The number of cyclic esters (lactones) is 1. The fourth-order valence-corrected chi connectivity index (χ4v) is 3.01. The highest BCUT2D eigenvalue weighted by Gasteiger charge is 2.31. The maximum absolute atomic E-state index is 12.1. The van der Waals surface area contributed by atoms with Crippen LogP contribution in [0.5, 0.6) is 17.2 Å². The standard InChI is InChI=1S/C19H16O5/c20-15-3-1-2-12(7-15)8-16-14(10-22-19(16)21)6-13-4-5-17-18(9-13)24-11-23-17/h1-5,7-9,14,20H,6,10-11H2/b16-8+. The molecule has 0 radical (unpaired) electrons. The van der Waals surface area contributed by atoms with Gasteiger partial charge < -0.3 is 19.3 Å². The number of phenolic OH excluding ortho intramolecular Hbond substituents is 1. The van der Waals surface area contributed by atoms with E-state index in [0.29, 0.717) is 18.6 Å². The maximum atomic E-state index is 12.1. The van der Waals surface area contributed by atoms with Gasteiger partial charge in [-0.05, 0) is 47.9 Å². The second kappa shape index (κ2) is 5.92. The highest BCUT2D eigenvalue weighted by atomic mass is 16.7. The molecule has 1 N–H and O–H groups in total. The number of benzene rings is 2. The van der Waals surface area contributed by atoms with E-state index in [1.807, 2.05) is 24.3 Å². The van der Waals surface area contributed by atoms with Gasteiger partial charge in [-0.2, -0.15) is 0 Å². The highest BCUT2D eigenvalue weighted by molar-refractivity contribution is 5.96. The van der Waals surface area contributed by atoms with Crippen LogP contribution in [0.25, 0.3) is 6.08 Å². The van der Waals surface area contributed by atoms with Crippen molar-refractivity contribution in [3.05, 3.63) is 59.2 Å². The van der Waals surface area contributed by atoms with Crippen molar-refractivity contribution in [2.75, 3.05) is 13.4 Å². The lowest BCUT2D eigenvalue weighted by Crippen LogP contribution is -2.07. The molecule has 24 heavy (non-hydrogen) atoms. The van der Waals surface area contributed by atoms with Gasteiger partial charge in [0.15, 0.2) is 11.5 Å². The first kappa shape index (κ1) is 14.6. The van der Waals surface area contributed by atoms with Crippen LogP contribution in [0.2, 0.25) is 0 Å². The van der Waals surface area contributed by atoms with E-state index in [1.54, 1.807) is 24.3 Å². The molecule has 4 rings (SSSR count). The Hall–Kier alpha value is -2.95. The van der Waals surface area contributed by atoms with E-state index in [1.165, 1.54) is 0 Å². The average Bonchev–Trinajstić information content (AvgIpc) is 3.16. The summed E-state index contributed by atoms with van der Waals surface area (Å²) in [6.45, 7) is 0.602. The zero-order chi connectivity index (χ0) is 16.5. The summed E-state index contributed by atoms with van der Waals surface area (Å²) in [6, 6.07) is 12.6. The molecule has 2 aromatic carbocycles. The molecule has 2 aliphatic heterocycles. The summed E-state index contributed by atoms with van der Waals surface area (Å²) in [6.07, 6.45) is 2.46. The topological polar surface area (TPSA) is 65.0 Å². The van der Waals surface area contributed by atoms with Crippen LogP contribution in [-0.2, 0) is 16.0 Å². The number of carbonyl (C=O) groups is 1. The predicted molar refractivity (Wildman–Crippen MR) is 86.8 cm³/mol. The Morgan fingerprint density at radius 1 is 1.08 bits per heavy atom. The molecule has 1 unspecified atom stereocenters. The summed E-state index contributed by atoms with van der Waals surface area (Å²) < 4.78 is 15.9. The van der Waals surface area contributed by atoms with Crippen molar-refractivity contribution in [2.24, 2.45) is 5.92 Å². The fourth-order valence-electron chi connectivity index (χ4n) is 3.01. The zero-order valence-corrected chi connectivity index (χ0v) is 12.9. The first-order valence-electron chi connectivity index (χ1n) is 7.75. The zero-order valence-electron chi connectivity index (χ0n) is 12.9. The number of hydrogen-bond donors (Lipinski definition) is 1. The van der Waals surface area contributed by atoms with Crippen molar-refractivity contribution in [3.8, 4) is 17.2 Å². The van der Waals surface area contributed by atoms with E-state index >= 15 is 0 Å². The minimum Gasteiger partial charge on any atom is -0.508 e. The molecule has 1 fully saturated rings. The van der Waals surface area contributed by atoms with Crippen LogP contribution in [-0.4, -0.2) is 24.5 Å². The van der Waals surface area contributed by atoms with Gasteiger partial charge in [0.2, 0.25) is 6.79 Å². The van der Waals surface area contributed by atoms with Gasteiger partial charge in [-0.25, -0.2) is 4.79 Å². The Labute approximate surface area is 139 Å². The molecule has 5 heteroatoms. The van der Waals surface area contributed by atoms with Crippen molar-refractivity contribution < 1.29 is 24.1 Å². The Bertz CT molecular complexity index is 824. The van der Waals surface area contributed by atoms with Crippen molar-refractivity contribution in [2.45, 2.75) is 6.42 Å². The Balaban J connectivity index is 1.59. The maximum Gasteiger partial charge on any atom is 0.334 e. The predicted octanol–water partition coefficient (Wildman–Crippen LogP) is 2.92. The fraction of sp³-hybridized carbons (Fsp3) is 0.211. The lowest BCUT2D eigenvalue weighted by atomic mass is 9.92. The SMILES string of the molecule is O=C1OCC(Cc2ccc3c(c2)OCO3)/C1=C\c1cccc(O)c1. The molecule has 122 valence electrons. The number of rotatable bonds is 3. The van der Waals surface area contributed by atoms with E-state index in [0.717, 1.165) is 22.6 Å². The van der Waals surface area contributed by atoms with Crippen LogP contribution in [0, 0.1) is 5.92 Å². The van der Waals surface area contributed by atoms with E-state index in [2.05, 4.69) is 0 Å². The second-order valence-electron chi connectivity index (χ2n) is 5.88. The van der Waals surface area contributed by atoms with E-state index < -0.39 is 0 Å². The van der Waals surface area contributed by atoms with E-state index in [4.69, 9.17) is 14.2 Å². The molecule has 0 spiro atoms. The number of aromatic hydroxyl groups is 1. The molecule has 0 aliphatic carbocycles. The molecule has 1 atom stereocenters. The second-order valence-corrected chi connectivity index (χ2v) is 5.88. The summed E-state index contributed by atoms with van der Waals surface area (Å²) in [5, 5.41) is 9.57. The van der Waals surface area contributed by atoms with E-state index in [9.17, 15) is 9.90 Å². The third-order valence-corrected chi connectivity index (χ3v) is 4.20. The summed E-state index contributed by atoms with van der Waals surface area (Å²) in [7, 11) is 0. The quantitative estimate of drug-likeness (QED) is 0.695. The van der Waals surface area contributed by atoms with Crippen LogP contribution in [0.3, 0.4) is 0 Å². The first-order chi connectivity index (χ1) is 11.7. The van der Waals surface area contributed by atoms with Gasteiger partial charge in [-0.1, -0.05) is 18.2 Å². The number of ether oxygens (including phenoxy) is 3. The minimum absolute atomic E-state index is 0.0276. The summed E-state index contributed by atoms with van der Waals surface area (Å²) in [4.78, 5) is 12.1. The molecule has 0 saturated carbocycles. The van der Waals surface area contributed by atoms with Gasteiger partial charge in [0.25, 0.3) is 0 Å². The van der Waals surface area contributed by atoms with Crippen LogP contribution in [0.4, 0.5) is 0 Å². The van der Waals surface area contributed by atoms with Crippen molar-refractivity contribution >= 4 is 12.0 Å².